The minimum Gasteiger partial charge on any atom is -0.291 e. The molecule has 1 amide bonds. The topological polar surface area (TPSA) is 20.3 Å². The Morgan fingerprint density at radius 2 is 1.52 bits per heavy atom. The fourth-order valence-electron chi connectivity index (χ4n) is 3.58. The summed E-state index contributed by atoms with van der Waals surface area (Å²) in [5, 5.41) is 0.558. The Hall–Kier alpha value is -2.49. The molecule has 1 heterocycles. The quantitative estimate of drug-likeness (QED) is 0.382. The fraction of sp³-hybridized carbons (Fsp3) is 0.222. The molecule has 1 atom stereocenters. The smallest absolute Gasteiger partial charge is 0.266 e. The average Bonchev–Trinajstić information content (AvgIpc) is 3.05. The summed E-state index contributed by atoms with van der Waals surface area (Å²) in [6.45, 7) is 8.65. The van der Waals surface area contributed by atoms with Crippen molar-refractivity contribution in [2.45, 2.75) is 38.5 Å². The Morgan fingerprint density at radius 3 is 2.10 bits per heavy atom. The molecule has 3 aromatic rings. The van der Waals surface area contributed by atoms with E-state index in [-0.39, 0.29) is 16.7 Å². The first-order valence-corrected chi connectivity index (χ1v) is 11.6. The summed E-state index contributed by atoms with van der Waals surface area (Å²) in [4.78, 5) is 16.1. The second-order valence-electron chi connectivity index (χ2n) is 8.91. The van der Waals surface area contributed by atoms with Gasteiger partial charge in [0.15, 0.2) is 0 Å². The number of hydrogen-bond donors (Lipinski definition) is 0. The van der Waals surface area contributed by atoms with E-state index in [9.17, 15) is 4.79 Å². The van der Waals surface area contributed by atoms with Crippen molar-refractivity contribution in [2.24, 2.45) is 0 Å². The van der Waals surface area contributed by atoms with Gasteiger partial charge in [0, 0.05) is 10.7 Å². The first-order valence-electron chi connectivity index (χ1n) is 10.4. The number of halogens is 1. The van der Waals surface area contributed by atoms with Crippen LogP contribution in [0.5, 0.6) is 0 Å². The van der Waals surface area contributed by atoms with E-state index in [1.165, 1.54) is 11.1 Å². The summed E-state index contributed by atoms with van der Waals surface area (Å²) in [5.41, 5.74) is 5.53. The van der Waals surface area contributed by atoms with Crippen molar-refractivity contribution in [1.82, 2.24) is 0 Å². The average molecular weight is 448 g/mol. The maximum absolute atomic E-state index is 13.5. The van der Waals surface area contributed by atoms with E-state index < -0.39 is 0 Å². The highest BCUT2D eigenvalue weighted by atomic mass is 35.5. The van der Waals surface area contributed by atoms with E-state index >= 15 is 0 Å². The van der Waals surface area contributed by atoms with E-state index in [0.29, 0.717) is 5.02 Å². The van der Waals surface area contributed by atoms with Crippen molar-refractivity contribution < 1.29 is 4.79 Å². The van der Waals surface area contributed by atoms with Crippen molar-refractivity contribution in [1.29, 1.82) is 0 Å². The molecule has 0 spiro atoms. The van der Waals surface area contributed by atoms with Gasteiger partial charge in [0.05, 0.1) is 4.91 Å². The number of benzene rings is 3. The predicted molar refractivity (Wildman–Crippen MR) is 134 cm³/mol. The van der Waals surface area contributed by atoms with Gasteiger partial charge >= 0.3 is 0 Å². The van der Waals surface area contributed by atoms with Crippen LogP contribution in [-0.4, -0.2) is 5.91 Å². The third-order valence-electron chi connectivity index (χ3n) is 5.44. The maximum Gasteiger partial charge on any atom is 0.266 e. The van der Waals surface area contributed by atoms with Crippen LogP contribution in [0, 0.1) is 6.92 Å². The van der Waals surface area contributed by atoms with Crippen molar-refractivity contribution in [3.63, 3.8) is 0 Å². The molecule has 1 unspecified atom stereocenters. The predicted octanol–water partition coefficient (Wildman–Crippen LogP) is 7.77. The Kier molecular flexibility index (Phi) is 6.00. The van der Waals surface area contributed by atoms with Crippen LogP contribution in [0.15, 0.2) is 77.7 Å². The molecule has 4 rings (SSSR count). The summed E-state index contributed by atoms with van der Waals surface area (Å²) < 4.78 is 0. The fourth-order valence-corrected chi connectivity index (χ4v) is 4.96. The molecule has 2 nitrogen and oxygen atoms in total. The number of carbonyl (C=O) groups excluding carboxylic acids is 1. The summed E-state index contributed by atoms with van der Waals surface area (Å²) in [7, 11) is 0. The van der Waals surface area contributed by atoms with Gasteiger partial charge in [0.2, 0.25) is 0 Å². The zero-order chi connectivity index (χ0) is 22.2. The van der Waals surface area contributed by atoms with Gasteiger partial charge in [0.1, 0.15) is 5.37 Å². The first kappa shape index (κ1) is 21.7. The lowest BCUT2D eigenvalue weighted by Crippen LogP contribution is -2.27. The number of thioether (sulfide) groups is 1. The van der Waals surface area contributed by atoms with Crippen molar-refractivity contribution >= 4 is 41.0 Å². The summed E-state index contributed by atoms with van der Waals surface area (Å²) >= 11 is 7.68. The number of anilines is 1. The molecule has 1 aliphatic heterocycles. The summed E-state index contributed by atoms with van der Waals surface area (Å²) in [6, 6.07) is 24.3. The zero-order valence-electron chi connectivity index (χ0n) is 18.2. The molecular weight excluding hydrogens is 422 g/mol. The van der Waals surface area contributed by atoms with E-state index in [2.05, 4.69) is 45.0 Å². The van der Waals surface area contributed by atoms with Gasteiger partial charge < -0.3 is 0 Å². The summed E-state index contributed by atoms with van der Waals surface area (Å²) in [6.07, 6.45) is 2.00. The highest BCUT2D eigenvalue weighted by Crippen LogP contribution is 2.48. The van der Waals surface area contributed by atoms with Gasteiger partial charge in [-0.05, 0) is 59.4 Å². The van der Waals surface area contributed by atoms with Gasteiger partial charge in [-0.15, -0.1) is 0 Å². The van der Waals surface area contributed by atoms with Crippen LogP contribution in [0.3, 0.4) is 0 Å². The van der Waals surface area contributed by atoms with E-state index in [0.717, 1.165) is 21.7 Å². The third kappa shape index (κ3) is 4.73. The van der Waals surface area contributed by atoms with Gasteiger partial charge in [-0.25, -0.2) is 0 Å². The molecule has 4 heteroatoms. The molecule has 1 fully saturated rings. The second kappa shape index (κ2) is 8.57. The van der Waals surface area contributed by atoms with Crippen molar-refractivity contribution in [3.05, 3.63) is 105 Å². The van der Waals surface area contributed by atoms with Crippen LogP contribution in [0.25, 0.3) is 6.08 Å². The van der Waals surface area contributed by atoms with E-state index in [1.54, 1.807) is 11.8 Å². The van der Waals surface area contributed by atoms with E-state index in [4.69, 9.17) is 11.6 Å². The first-order chi connectivity index (χ1) is 14.7. The number of rotatable bonds is 3. The molecule has 0 aromatic heterocycles. The Labute approximate surface area is 193 Å². The number of aryl methyl sites for hydroxylation is 1. The molecule has 0 N–H and O–H groups in total. The van der Waals surface area contributed by atoms with Crippen molar-refractivity contribution in [3.8, 4) is 0 Å². The SMILES string of the molecule is Cc1ccc(N2C(=O)/C(=C\c3ccc(C(C)(C)C)cc3)SC2c2ccc(Cl)cc2)cc1. The third-order valence-corrected chi connectivity index (χ3v) is 6.95. The van der Waals surface area contributed by atoms with Gasteiger partial charge in [-0.2, -0.15) is 0 Å². The molecule has 158 valence electrons. The monoisotopic (exact) mass is 447 g/mol. The molecule has 1 saturated heterocycles. The lowest BCUT2D eigenvalue weighted by Gasteiger charge is -2.24. The maximum atomic E-state index is 13.5. The van der Waals surface area contributed by atoms with E-state index in [1.807, 2.05) is 66.4 Å². The highest BCUT2D eigenvalue weighted by molar-refractivity contribution is 8.05. The molecule has 31 heavy (non-hydrogen) atoms. The van der Waals surface area contributed by atoms with Gasteiger partial charge in [-0.1, -0.05) is 98.2 Å². The van der Waals surface area contributed by atoms with Gasteiger partial charge in [-0.3, -0.25) is 9.69 Å². The number of nitrogens with zero attached hydrogens (tertiary/aromatic N) is 1. The summed E-state index contributed by atoms with van der Waals surface area (Å²) in [5.74, 6) is 0.0219. The highest BCUT2D eigenvalue weighted by Gasteiger charge is 2.38. The zero-order valence-corrected chi connectivity index (χ0v) is 19.8. The lowest BCUT2D eigenvalue weighted by atomic mass is 9.87. The van der Waals surface area contributed by atoms with Crippen LogP contribution in [0.1, 0.15) is 48.4 Å². The van der Waals surface area contributed by atoms with Crippen LogP contribution < -0.4 is 4.90 Å². The Balaban J connectivity index is 1.71. The number of carbonyl (C=O) groups is 1. The molecule has 0 aliphatic carbocycles. The normalized spacial score (nSPS) is 18.1. The largest absolute Gasteiger partial charge is 0.291 e. The van der Waals surface area contributed by atoms with Crippen LogP contribution in [0.4, 0.5) is 5.69 Å². The lowest BCUT2D eigenvalue weighted by molar-refractivity contribution is -0.114. The molecular formula is C27H26ClNOS. The molecule has 0 bridgehead atoms. The van der Waals surface area contributed by atoms with Crippen molar-refractivity contribution in [2.75, 3.05) is 4.90 Å². The molecule has 0 radical (unpaired) electrons. The Bertz CT molecular complexity index is 1110. The second-order valence-corrected chi connectivity index (χ2v) is 10.5. The molecule has 3 aromatic carbocycles. The number of hydrogen-bond acceptors (Lipinski definition) is 2. The van der Waals surface area contributed by atoms with Gasteiger partial charge in [0.25, 0.3) is 5.91 Å². The van der Waals surface area contributed by atoms with Crippen LogP contribution >= 0.6 is 23.4 Å². The Morgan fingerprint density at radius 1 is 0.903 bits per heavy atom. The standard InChI is InChI=1S/C27H26ClNOS/c1-18-5-15-23(16-6-18)29-25(30)24(31-26(29)20-9-13-22(28)14-10-20)17-19-7-11-21(12-8-19)27(2,3)4/h5-17,26H,1-4H3/b24-17+. The molecule has 1 aliphatic rings. The minimum absolute atomic E-state index is 0.0219. The number of amides is 1. The molecule has 0 saturated carbocycles. The van der Waals surface area contributed by atoms with Crippen LogP contribution in [-0.2, 0) is 10.2 Å². The van der Waals surface area contributed by atoms with Crippen LogP contribution in [0.2, 0.25) is 5.02 Å². The minimum atomic E-state index is -0.132.